The molecule has 0 radical (unpaired) electrons. The minimum absolute atomic E-state index is 0.00944. The van der Waals surface area contributed by atoms with Crippen LogP contribution in [0, 0.1) is 5.82 Å². The fraction of sp³-hybridized carbons (Fsp3) is 0.263. The monoisotopic (exact) mass is 367 g/mol. The number of anilines is 1. The SMILES string of the molecule is O=C1NCCCC[C@@H]1Nc1ccc(-c2nc(-c3ccccc3F)no2)cn1. The highest BCUT2D eigenvalue weighted by atomic mass is 19.1. The number of carbonyl (C=O) groups excluding carboxylic acids is 1. The summed E-state index contributed by atoms with van der Waals surface area (Å²) in [6.07, 6.45) is 4.31. The maximum atomic E-state index is 13.8. The number of nitrogens with zero attached hydrogens (tertiary/aromatic N) is 3. The highest BCUT2D eigenvalue weighted by Crippen LogP contribution is 2.24. The number of nitrogens with one attached hydrogen (secondary N) is 2. The molecule has 1 aromatic carbocycles. The van der Waals surface area contributed by atoms with Crippen LogP contribution in [0.25, 0.3) is 22.8 Å². The number of rotatable bonds is 4. The van der Waals surface area contributed by atoms with E-state index in [4.69, 9.17) is 4.52 Å². The number of benzene rings is 1. The maximum Gasteiger partial charge on any atom is 0.259 e. The Balaban J connectivity index is 1.49. The van der Waals surface area contributed by atoms with E-state index in [0.717, 1.165) is 19.3 Å². The Morgan fingerprint density at radius 1 is 1.19 bits per heavy atom. The molecule has 7 nitrogen and oxygen atoms in total. The van der Waals surface area contributed by atoms with Crippen LogP contribution < -0.4 is 10.6 Å². The lowest BCUT2D eigenvalue weighted by Crippen LogP contribution is -2.38. The Morgan fingerprint density at radius 3 is 2.89 bits per heavy atom. The molecule has 8 heteroatoms. The third-order valence-corrected chi connectivity index (χ3v) is 4.41. The van der Waals surface area contributed by atoms with Crippen molar-refractivity contribution in [3.05, 3.63) is 48.4 Å². The first-order chi connectivity index (χ1) is 13.2. The van der Waals surface area contributed by atoms with Gasteiger partial charge in [-0.1, -0.05) is 17.3 Å². The van der Waals surface area contributed by atoms with Gasteiger partial charge in [0.2, 0.25) is 11.7 Å². The zero-order chi connectivity index (χ0) is 18.6. The Labute approximate surface area is 155 Å². The number of halogens is 1. The summed E-state index contributed by atoms with van der Waals surface area (Å²) in [4.78, 5) is 20.6. The van der Waals surface area contributed by atoms with Crippen LogP contribution in [-0.2, 0) is 4.79 Å². The molecular weight excluding hydrogens is 349 g/mol. The fourth-order valence-corrected chi connectivity index (χ4v) is 2.95. The van der Waals surface area contributed by atoms with E-state index >= 15 is 0 Å². The molecule has 1 aliphatic heterocycles. The molecule has 2 N–H and O–H groups in total. The van der Waals surface area contributed by atoms with Gasteiger partial charge in [0.25, 0.3) is 5.89 Å². The molecule has 0 aliphatic carbocycles. The Morgan fingerprint density at radius 2 is 2.07 bits per heavy atom. The predicted molar refractivity (Wildman–Crippen MR) is 97.2 cm³/mol. The molecule has 1 atom stereocenters. The molecule has 0 unspecified atom stereocenters. The lowest BCUT2D eigenvalue weighted by Gasteiger charge is -2.15. The van der Waals surface area contributed by atoms with Crippen LogP contribution in [0.15, 0.2) is 47.1 Å². The van der Waals surface area contributed by atoms with E-state index in [1.165, 1.54) is 6.07 Å². The van der Waals surface area contributed by atoms with Gasteiger partial charge in [-0.05, 0) is 43.5 Å². The highest BCUT2D eigenvalue weighted by molar-refractivity contribution is 5.84. The molecule has 1 fully saturated rings. The van der Waals surface area contributed by atoms with Gasteiger partial charge in [-0.3, -0.25) is 4.79 Å². The molecule has 138 valence electrons. The van der Waals surface area contributed by atoms with Gasteiger partial charge in [-0.25, -0.2) is 9.37 Å². The Bertz CT molecular complexity index is 941. The molecule has 0 saturated carbocycles. The van der Waals surface area contributed by atoms with Crippen molar-refractivity contribution >= 4 is 11.7 Å². The molecule has 27 heavy (non-hydrogen) atoms. The number of carbonyl (C=O) groups is 1. The van der Waals surface area contributed by atoms with Crippen molar-refractivity contribution in [3.8, 4) is 22.8 Å². The van der Waals surface area contributed by atoms with E-state index in [0.29, 0.717) is 17.9 Å². The van der Waals surface area contributed by atoms with Crippen molar-refractivity contribution in [1.82, 2.24) is 20.4 Å². The zero-order valence-electron chi connectivity index (χ0n) is 14.5. The second-order valence-electron chi connectivity index (χ2n) is 6.32. The van der Waals surface area contributed by atoms with Gasteiger partial charge < -0.3 is 15.2 Å². The van der Waals surface area contributed by atoms with E-state index in [1.54, 1.807) is 36.5 Å². The normalized spacial score (nSPS) is 17.2. The number of hydrogen-bond acceptors (Lipinski definition) is 6. The summed E-state index contributed by atoms with van der Waals surface area (Å²) in [7, 11) is 0. The van der Waals surface area contributed by atoms with Crippen LogP contribution in [0.1, 0.15) is 19.3 Å². The number of amides is 1. The lowest BCUT2D eigenvalue weighted by molar-refractivity contribution is -0.121. The Kier molecular flexibility index (Phi) is 4.78. The van der Waals surface area contributed by atoms with Gasteiger partial charge >= 0.3 is 0 Å². The maximum absolute atomic E-state index is 13.8. The number of hydrogen-bond donors (Lipinski definition) is 2. The molecule has 0 bridgehead atoms. The summed E-state index contributed by atoms with van der Waals surface area (Å²) in [5.41, 5.74) is 0.888. The van der Waals surface area contributed by atoms with Crippen LogP contribution in [0.2, 0.25) is 0 Å². The van der Waals surface area contributed by atoms with Crippen molar-refractivity contribution in [2.24, 2.45) is 0 Å². The minimum atomic E-state index is -0.413. The van der Waals surface area contributed by atoms with Crippen LogP contribution in [-0.4, -0.2) is 33.6 Å². The van der Waals surface area contributed by atoms with E-state index in [1.807, 2.05) is 0 Å². The number of pyridine rings is 1. The lowest BCUT2D eigenvalue weighted by atomic mass is 10.1. The molecule has 3 heterocycles. The Hall–Kier alpha value is -3.29. The van der Waals surface area contributed by atoms with Gasteiger partial charge in [-0.2, -0.15) is 4.98 Å². The quantitative estimate of drug-likeness (QED) is 0.736. The van der Waals surface area contributed by atoms with E-state index < -0.39 is 5.82 Å². The molecular formula is C19H18FN5O2. The van der Waals surface area contributed by atoms with Crippen LogP contribution in [0.4, 0.5) is 10.2 Å². The van der Waals surface area contributed by atoms with Crippen molar-refractivity contribution in [3.63, 3.8) is 0 Å². The van der Waals surface area contributed by atoms with Crippen molar-refractivity contribution < 1.29 is 13.7 Å². The van der Waals surface area contributed by atoms with Crippen LogP contribution in [0.5, 0.6) is 0 Å². The van der Waals surface area contributed by atoms with Gasteiger partial charge in [0.1, 0.15) is 17.7 Å². The van der Waals surface area contributed by atoms with Gasteiger partial charge in [0.05, 0.1) is 11.1 Å². The van der Waals surface area contributed by atoms with Crippen molar-refractivity contribution in [2.45, 2.75) is 25.3 Å². The largest absolute Gasteiger partial charge is 0.358 e. The predicted octanol–water partition coefficient (Wildman–Crippen LogP) is 3.02. The molecule has 3 aromatic rings. The topological polar surface area (TPSA) is 92.9 Å². The standard InChI is InChI=1S/C19H18FN5O2/c20-14-6-2-1-5-13(14)17-24-19(27-25-17)12-8-9-16(22-11-12)23-15-7-3-4-10-21-18(15)26/h1-2,5-6,8-9,11,15H,3-4,7,10H2,(H,21,26)(H,22,23)/t15-/m0/s1. The van der Waals surface area contributed by atoms with E-state index in [2.05, 4.69) is 25.8 Å². The van der Waals surface area contributed by atoms with Crippen LogP contribution in [0.3, 0.4) is 0 Å². The number of aromatic nitrogens is 3. The molecule has 2 aromatic heterocycles. The summed E-state index contributed by atoms with van der Waals surface area (Å²) in [5.74, 6) is 0.601. The summed E-state index contributed by atoms with van der Waals surface area (Å²) >= 11 is 0. The fourth-order valence-electron chi connectivity index (χ4n) is 2.95. The third kappa shape index (κ3) is 3.79. The zero-order valence-corrected chi connectivity index (χ0v) is 14.5. The second kappa shape index (κ2) is 7.53. The molecule has 4 rings (SSSR count). The van der Waals surface area contributed by atoms with Crippen molar-refractivity contribution in [1.29, 1.82) is 0 Å². The van der Waals surface area contributed by atoms with E-state index in [-0.39, 0.29) is 29.2 Å². The average molecular weight is 367 g/mol. The first kappa shape index (κ1) is 17.1. The highest BCUT2D eigenvalue weighted by Gasteiger charge is 2.21. The minimum Gasteiger partial charge on any atom is -0.358 e. The molecule has 0 spiro atoms. The first-order valence-electron chi connectivity index (χ1n) is 8.80. The molecule has 1 amide bonds. The summed E-state index contributed by atoms with van der Waals surface area (Å²) < 4.78 is 19.1. The van der Waals surface area contributed by atoms with Crippen molar-refractivity contribution in [2.75, 3.05) is 11.9 Å². The van der Waals surface area contributed by atoms with Crippen LogP contribution >= 0.6 is 0 Å². The van der Waals surface area contributed by atoms with Gasteiger partial charge in [-0.15, -0.1) is 0 Å². The van der Waals surface area contributed by atoms with E-state index in [9.17, 15) is 9.18 Å². The third-order valence-electron chi connectivity index (χ3n) is 4.41. The summed E-state index contributed by atoms with van der Waals surface area (Å²) in [5, 5.41) is 9.87. The smallest absolute Gasteiger partial charge is 0.259 e. The molecule has 1 aliphatic rings. The van der Waals surface area contributed by atoms with Gasteiger partial charge in [0.15, 0.2) is 0 Å². The average Bonchev–Trinajstić information content (AvgIpc) is 3.08. The molecule has 1 saturated heterocycles. The summed E-state index contributed by atoms with van der Waals surface area (Å²) in [6.45, 7) is 0.713. The summed E-state index contributed by atoms with van der Waals surface area (Å²) in [6, 6.07) is 9.47. The van der Waals surface area contributed by atoms with Gasteiger partial charge in [0, 0.05) is 12.7 Å². The first-order valence-corrected chi connectivity index (χ1v) is 8.80. The second-order valence-corrected chi connectivity index (χ2v) is 6.32.